The van der Waals surface area contributed by atoms with E-state index < -0.39 is 11.9 Å². The Morgan fingerprint density at radius 2 is 1.94 bits per heavy atom. The lowest BCUT2D eigenvalue weighted by molar-refractivity contribution is -0.140. The molecule has 0 spiro atoms. The summed E-state index contributed by atoms with van der Waals surface area (Å²) in [5.41, 5.74) is 2.81. The van der Waals surface area contributed by atoms with E-state index in [9.17, 15) is 9.59 Å². The van der Waals surface area contributed by atoms with Crippen LogP contribution >= 0.6 is 0 Å². The van der Waals surface area contributed by atoms with Crippen molar-refractivity contribution in [3.8, 4) is 0 Å². The summed E-state index contributed by atoms with van der Waals surface area (Å²) in [6.07, 6.45) is 0.454. The largest absolute Gasteiger partial charge is 0.481 e. The number of carboxylic acids is 1. The summed E-state index contributed by atoms with van der Waals surface area (Å²) in [4.78, 5) is 26.6. The van der Waals surface area contributed by atoms with Crippen LogP contribution in [0.2, 0.25) is 0 Å². The second kappa shape index (κ2) is 4.76. The van der Waals surface area contributed by atoms with Gasteiger partial charge in [0.1, 0.15) is 0 Å². The molecule has 96 valence electrons. The van der Waals surface area contributed by atoms with Crippen LogP contribution in [-0.4, -0.2) is 22.0 Å². The zero-order valence-corrected chi connectivity index (χ0v) is 10.4. The van der Waals surface area contributed by atoms with Crippen LogP contribution in [0.3, 0.4) is 0 Å². The van der Waals surface area contributed by atoms with Gasteiger partial charge in [0, 0.05) is 17.9 Å². The van der Waals surface area contributed by atoms with Crippen molar-refractivity contribution in [2.75, 3.05) is 0 Å². The molecule has 18 heavy (non-hydrogen) atoms. The third-order valence-corrected chi connectivity index (χ3v) is 3.05. The molecule has 2 atom stereocenters. The predicted molar refractivity (Wildman–Crippen MR) is 64.8 cm³/mol. The van der Waals surface area contributed by atoms with Crippen molar-refractivity contribution in [3.63, 3.8) is 0 Å². The molecule has 1 aromatic rings. The lowest BCUT2D eigenvalue weighted by Gasteiger charge is -2.06. The zero-order valence-electron chi connectivity index (χ0n) is 10.4. The summed E-state index contributed by atoms with van der Waals surface area (Å²) < 4.78 is 0. The first-order chi connectivity index (χ1) is 8.47. The normalized spacial score (nSPS) is 21.4. The predicted octanol–water partition coefficient (Wildman–Crippen LogP) is 1.04. The highest BCUT2D eigenvalue weighted by Gasteiger charge is 2.48. The highest BCUT2D eigenvalue weighted by Crippen LogP contribution is 2.38. The van der Waals surface area contributed by atoms with Gasteiger partial charge in [-0.1, -0.05) is 0 Å². The topological polar surface area (TPSA) is 79.3 Å². The van der Waals surface area contributed by atoms with Gasteiger partial charge in [0.15, 0.2) is 0 Å². The third-order valence-electron chi connectivity index (χ3n) is 3.05. The van der Waals surface area contributed by atoms with Crippen LogP contribution in [0, 0.1) is 25.7 Å². The molecule has 1 aromatic heterocycles. The van der Waals surface area contributed by atoms with E-state index in [0.29, 0.717) is 13.0 Å². The van der Waals surface area contributed by atoms with Gasteiger partial charge >= 0.3 is 5.97 Å². The van der Waals surface area contributed by atoms with Crippen molar-refractivity contribution >= 4 is 11.9 Å². The molecule has 1 amide bonds. The zero-order chi connectivity index (χ0) is 13.3. The van der Waals surface area contributed by atoms with Crippen molar-refractivity contribution in [2.45, 2.75) is 26.8 Å². The minimum Gasteiger partial charge on any atom is -0.481 e. The number of pyridine rings is 1. The van der Waals surface area contributed by atoms with E-state index in [2.05, 4.69) is 10.3 Å². The maximum atomic E-state index is 11.7. The summed E-state index contributed by atoms with van der Waals surface area (Å²) in [5, 5.41) is 11.5. The Bertz CT molecular complexity index is 479. The van der Waals surface area contributed by atoms with Crippen LogP contribution in [0.15, 0.2) is 12.1 Å². The molecule has 0 radical (unpaired) electrons. The molecular weight excluding hydrogens is 232 g/mol. The maximum Gasteiger partial charge on any atom is 0.307 e. The number of rotatable bonds is 4. The highest BCUT2D eigenvalue weighted by atomic mass is 16.4. The van der Waals surface area contributed by atoms with Crippen molar-refractivity contribution in [2.24, 2.45) is 11.8 Å². The molecule has 0 saturated heterocycles. The second-order valence-electron chi connectivity index (χ2n) is 4.76. The van der Waals surface area contributed by atoms with Crippen LogP contribution in [0.1, 0.15) is 23.4 Å². The Kier molecular flexibility index (Phi) is 3.32. The minimum absolute atomic E-state index is 0.172. The van der Waals surface area contributed by atoms with Crippen molar-refractivity contribution in [3.05, 3.63) is 29.1 Å². The molecule has 5 nitrogen and oxygen atoms in total. The average molecular weight is 248 g/mol. The molecule has 0 aliphatic heterocycles. The Morgan fingerprint density at radius 1 is 1.33 bits per heavy atom. The fourth-order valence-corrected chi connectivity index (χ4v) is 2.10. The van der Waals surface area contributed by atoms with Crippen LogP contribution in [0.25, 0.3) is 0 Å². The number of carbonyl (C=O) groups is 2. The molecule has 1 aliphatic rings. The fraction of sp³-hybridized carbons (Fsp3) is 0.462. The number of aliphatic carboxylic acids is 1. The Balaban J connectivity index is 1.88. The molecular formula is C13H16N2O3. The molecule has 1 aliphatic carbocycles. The summed E-state index contributed by atoms with van der Waals surface area (Å²) in [6, 6.07) is 3.82. The average Bonchev–Trinajstić information content (AvgIpc) is 3.04. The van der Waals surface area contributed by atoms with Crippen LogP contribution in [0.5, 0.6) is 0 Å². The Hall–Kier alpha value is -1.91. The van der Waals surface area contributed by atoms with E-state index in [1.165, 1.54) is 0 Å². The van der Waals surface area contributed by atoms with Gasteiger partial charge in [-0.2, -0.15) is 0 Å². The number of hydrogen-bond acceptors (Lipinski definition) is 3. The molecule has 1 saturated carbocycles. The molecule has 1 heterocycles. The van der Waals surface area contributed by atoms with E-state index in [-0.39, 0.29) is 11.8 Å². The first kappa shape index (κ1) is 12.5. The Morgan fingerprint density at radius 3 is 2.44 bits per heavy atom. The van der Waals surface area contributed by atoms with Gasteiger partial charge in [-0.3, -0.25) is 14.6 Å². The van der Waals surface area contributed by atoms with Crippen molar-refractivity contribution in [1.29, 1.82) is 0 Å². The smallest absolute Gasteiger partial charge is 0.307 e. The van der Waals surface area contributed by atoms with E-state index in [1.54, 1.807) is 0 Å². The number of nitrogens with one attached hydrogen (secondary N) is 1. The van der Waals surface area contributed by atoms with Gasteiger partial charge < -0.3 is 10.4 Å². The van der Waals surface area contributed by atoms with E-state index in [4.69, 9.17) is 5.11 Å². The minimum atomic E-state index is -0.884. The number of carboxylic acid groups (broad SMARTS) is 1. The summed E-state index contributed by atoms with van der Waals surface area (Å²) in [7, 11) is 0. The monoisotopic (exact) mass is 248 g/mol. The quantitative estimate of drug-likeness (QED) is 0.834. The van der Waals surface area contributed by atoms with Crippen molar-refractivity contribution < 1.29 is 14.7 Å². The molecule has 5 heteroatoms. The number of nitrogens with zero attached hydrogens (tertiary/aromatic N) is 1. The first-order valence-electron chi connectivity index (χ1n) is 5.92. The molecule has 1 fully saturated rings. The first-order valence-corrected chi connectivity index (χ1v) is 5.92. The molecule has 0 aromatic carbocycles. The highest BCUT2D eigenvalue weighted by molar-refractivity contribution is 5.89. The maximum absolute atomic E-state index is 11.7. The van der Waals surface area contributed by atoms with E-state index in [1.807, 2.05) is 26.0 Å². The summed E-state index contributed by atoms with van der Waals surface area (Å²) in [6.45, 7) is 4.23. The van der Waals surface area contributed by atoms with Crippen molar-refractivity contribution in [1.82, 2.24) is 10.3 Å². The van der Waals surface area contributed by atoms with Crippen LogP contribution in [-0.2, 0) is 16.1 Å². The molecule has 0 bridgehead atoms. The van der Waals surface area contributed by atoms with Crippen LogP contribution < -0.4 is 5.32 Å². The van der Waals surface area contributed by atoms with Gasteiger partial charge in [-0.05, 0) is 38.0 Å². The molecule has 2 N–H and O–H groups in total. The van der Waals surface area contributed by atoms with Gasteiger partial charge in [0.25, 0.3) is 0 Å². The number of aryl methyl sites for hydroxylation is 2. The second-order valence-corrected chi connectivity index (χ2v) is 4.76. The lowest BCUT2D eigenvalue weighted by Crippen LogP contribution is -2.26. The summed E-state index contributed by atoms with van der Waals surface area (Å²) >= 11 is 0. The number of aromatic nitrogens is 1. The standard InChI is InChI=1S/C13H16N2O3/c1-7-3-9(4-8(2)15-7)6-14-12(16)10-5-11(10)13(17)18/h3-4,10-11H,5-6H2,1-2H3,(H,14,16)(H,17,18). The van der Waals surface area contributed by atoms with Crippen LogP contribution in [0.4, 0.5) is 0 Å². The molecule has 2 unspecified atom stereocenters. The summed E-state index contributed by atoms with van der Waals surface area (Å²) in [5.74, 6) is -1.90. The Labute approximate surface area is 105 Å². The van der Waals surface area contributed by atoms with E-state index >= 15 is 0 Å². The number of carbonyl (C=O) groups excluding carboxylic acids is 1. The van der Waals surface area contributed by atoms with Gasteiger partial charge in [0.2, 0.25) is 5.91 Å². The fourth-order valence-electron chi connectivity index (χ4n) is 2.10. The SMILES string of the molecule is Cc1cc(CNC(=O)C2CC2C(=O)O)cc(C)n1. The number of amides is 1. The van der Waals surface area contributed by atoms with Gasteiger partial charge in [-0.15, -0.1) is 0 Å². The van der Waals surface area contributed by atoms with Gasteiger partial charge in [0.05, 0.1) is 11.8 Å². The van der Waals surface area contributed by atoms with Gasteiger partial charge in [-0.25, -0.2) is 0 Å². The van der Waals surface area contributed by atoms with E-state index in [0.717, 1.165) is 17.0 Å². The molecule has 2 rings (SSSR count). The third kappa shape index (κ3) is 2.85. The lowest BCUT2D eigenvalue weighted by atomic mass is 10.2. The number of hydrogen-bond donors (Lipinski definition) is 2.